The standard InChI is InChI=1S/C13H19N3O2S/c1-4-14-8-9(2)13-15-10-6-5-7-11(12(10)16-13)19(3,17)18/h5-7,9,14H,4,8H2,1-3H3,(H,15,16). The summed E-state index contributed by atoms with van der Waals surface area (Å²) >= 11 is 0. The van der Waals surface area contributed by atoms with Crippen molar-refractivity contribution in [3.8, 4) is 0 Å². The van der Waals surface area contributed by atoms with Crippen LogP contribution >= 0.6 is 0 Å². The van der Waals surface area contributed by atoms with Crippen LogP contribution in [0.1, 0.15) is 25.6 Å². The number of para-hydroxylation sites is 1. The summed E-state index contributed by atoms with van der Waals surface area (Å²) in [6, 6.07) is 5.17. The average molecular weight is 281 g/mol. The van der Waals surface area contributed by atoms with E-state index in [-0.39, 0.29) is 10.8 Å². The summed E-state index contributed by atoms with van der Waals surface area (Å²) in [6.07, 6.45) is 1.21. The van der Waals surface area contributed by atoms with Crippen LogP contribution in [0.2, 0.25) is 0 Å². The number of nitrogens with zero attached hydrogens (tertiary/aromatic N) is 1. The summed E-state index contributed by atoms with van der Waals surface area (Å²) in [4.78, 5) is 7.94. The molecule has 0 spiro atoms. The van der Waals surface area contributed by atoms with Gasteiger partial charge in [0.05, 0.1) is 10.4 Å². The first-order valence-electron chi connectivity index (χ1n) is 6.33. The van der Waals surface area contributed by atoms with Crippen molar-refractivity contribution in [2.75, 3.05) is 19.3 Å². The molecule has 0 bridgehead atoms. The van der Waals surface area contributed by atoms with Crippen molar-refractivity contribution in [3.05, 3.63) is 24.0 Å². The van der Waals surface area contributed by atoms with E-state index in [1.807, 2.05) is 13.0 Å². The smallest absolute Gasteiger partial charge is 0.177 e. The minimum Gasteiger partial charge on any atom is -0.342 e. The number of H-pyrrole nitrogens is 1. The van der Waals surface area contributed by atoms with Crippen LogP contribution in [0.5, 0.6) is 0 Å². The highest BCUT2D eigenvalue weighted by atomic mass is 32.2. The zero-order valence-electron chi connectivity index (χ0n) is 11.4. The lowest BCUT2D eigenvalue weighted by atomic mass is 10.2. The molecule has 0 saturated carbocycles. The van der Waals surface area contributed by atoms with Gasteiger partial charge in [0.15, 0.2) is 9.84 Å². The van der Waals surface area contributed by atoms with Crippen LogP contribution in [0, 0.1) is 0 Å². The van der Waals surface area contributed by atoms with Crippen LogP contribution in [-0.2, 0) is 9.84 Å². The van der Waals surface area contributed by atoms with Crippen LogP contribution in [0.15, 0.2) is 23.1 Å². The summed E-state index contributed by atoms with van der Waals surface area (Å²) in [5.74, 6) is 1.02. The number of sulfone groups is 1. The van der Waals surface area contributed by atoms with Gasteiger partial charge in [0, 0.05) is 18.7 Å². The lowest BCUT2D eigenvalue weighted by molar-refractivity contribution is 0.602. The maximum absolute atomic E-state index is 11.7. The summed E-state index contributed by atoms with van der Waals surface area (Å²) < 4.78 is 23.5. The molecule has 19 heavy (non-hydrogen) atoms. The molecule has 0 radical (unpaired) electrons. The van der Waals surface area contributed by atoms with Gasteiger partial charge in [0.2, 0.25) is 0 Å². The Morgan fingerprint density at radius 3 is 2.79 bits per heavy atom. The first-order chi connectivity index (χ1) is 8.93. The fourth-order valence-corrected chi connectivity index (χ4v) is 2.85. The molecular formula is C13H19N3O2S. The maximum Gasteiger partial charge on any atom is 0.177 e. The maximum atomic E-state index is 11.7. The fraction of sp³-hybridized carbons (Fsp3) is 0.462. The summed E-state index contributed by atoms with van der Waals surface area (Å²) in [5.41, 5.74) is 1.30. The first-order valence-corrected chi connectivity index (χ1v) is 8.22. The molecule has 0 aliphatic rings. The van der Waals surface area contributed by atoms with E-state index in [0.717, 1.165) is 24.4 Å². The van der Waals surface area contributed by atoms with Gasteiger partial charge >= 0.3 is 0 Å². The largest absolute Gasteiger partial charge is 0.342 e. The topological polar surface area (TPSA) is 74.8 Å². The van der Waals surface area contributed by atoms with E-state index in [1.54, 1.807) is 12.1 Å². The third-order valence-electron chi connectivity index (χ3n) is 3.06. The molecule has 1 aromatic carbocycles. The van der Waals surface area contributed by atoms with Crippen molar-refractivity contribution in [1.29, 1.82) is 0 Å². The lowest BCUT2D eigenvalue weighted by Gasteiger charge is -2.07. The fourth-order valence-electron chi connectivity index (χ4n) is 2.02. The Bertz CT molecular complexity index is 676. The second-order valence-electron chi connectivity index (χ2n) is 4.76. The molecule has 5 nitrogen and oxygen atoms in total. The van der Waals surface area contributed by atoms with Gasteiger partial charge in [-0.1, -0.05) is 19.9 Å². The highest BCUT2D eigenvalue weighted by Gasteiger charge is 2.17. The normalized spacial score (nSPS) is 13.8. The van der Waals surface area contributed by atoms with E-state index in [9.17, 15) is 8.42 Å². The number of fused-ring (bicyclic) bond motifs is 1. The van der Waals surface area contributed by atoms with E-state index >= 15 is 0 Å². The van der Waals surface area contributed by atoms with E-state index < -0.39 is 9.84 Å². The quantitative estimate of drug-likeness (QED) is 0.874. The number of aromatic nitrogens is 2. The molecule has 1 heterocycles. The Labute approximate surface area is 113 Å². The molecule has 0 aliphatic carbocycles. The van der Waals surface area contributed by atoms with Gasteiger partial charge in [0.1, 0.15) is 11.3 Å². The molecule has 0 aliphatic heterocycles. The summed E-state index contributed by atoms with van der Waals surface area (Å²) in [7, 11) is -3.26. The number of imidazole rings is 1. The zero-order chi connectivity index (χ0) is 14.0. The monoisotopic (exact) mass is 281 g/mol. The van der Waals surface area contributed by atoms with Crippen molar-refractivity contribution >= 4 is 20.9 Å². The first kappa shape index (κ1) is 14.0. The van der Waals surface area contributed by atoms with E-state index in [1.165, 1.54) is 6.26 Å². The lowest BCUT2D eigenvalue weighted by Crippen LogP contribution is -2.20. The van der Waals surface area contributed by atoms with Crippen molar-refractivity contribution in [1.82, 2.24) is 15.3 Å². The van der Waals surface area contributed by atoms with Crippen LogP contribution < -0.4 is 5.32 Å². The summed E-state index contributed by atoms with van der Waals surface area (Å²) in [5, 5.41) is 3.26. The van der Waals surface area contributed by atoms with Gasteiger partial charge in [0.25, 0.3) is 0 Å². The number of aromatic amines is 1. The molecule has 1 atom stereocenters. The van der Waals surface area contributed by atoms with Gasteiger partial charge in [-0.25, -0.2) is 13.4 Å². The predicted octanol–water partition coefficient (Wildman–Crippen LogP) is 1.68. The molecule has 0 amide bonds. The molecule has 1 aromatic heterocycles. The second-order valence-corrected chi connectivity index (χ2v) is 6.74. The van der Waals surface area contributed by atoms with Crippen LogP contribution in [-0.4, -0.2) is 37.7 Å². The molecule has 6 heteroatoms. The number of likely N-dealkylation sites (N-methyl/N-ethyl adjacent to an activating group) is 1. The SMILES string of the molecule is CCNCC(C)c1nc2c(S(C)(=O)=O)cccc2[nH]1. The Morgan fingerprint density at radius 2 is 2.16 bits per heavy atom. The van der Waals surface area contributed by atoms with Crippen LogP contribution in [0.3, 0.4) is 0 Å². The number of hydrogen-bond acceptors (Lipinski definition) is 4. The highest BCUT2D eigenvalue weighted by Crippen LogP contribution is 2.23. The second kappa shape index (κ2) is 5.30. The van der Waals surface area contributed by atoms with E-state index in [2.05, 4.69) is 22.2 Å². The molecule has 0 saturated heterocycles. The molecular weight excluding hydrogens is 262 g/mol. The van der Waals surface area contributed by atoms with Crippen LogP contribution in [0.4, 0.5) is 0 Å². The molecule has 104 valence electrons. The number of benzene rings is 1. The van der Waals surface area contributed by atoms with Crippen molar-refractivity contribution in [2.45, 2.75) is 24.7 Å². The van der Waals surface area contributed by atoms with Crippen LogP contribution in [0.25, 0.3) is 11.0 Å². The Kier molecular flexibility index (Phi) is 3.91. The van der Waals surface area contributed by atoms with Gasteiger partial charge in [-0.2, -0.15) is 0 Å². The number of hydrogen-bond donors (Lipinski definition) is 2. The van der Waals surface area contributed by atoms with E-state index in [0.29, 0.717) is 5.52 Å². The van der Waals surface area contributed by atoms with Crippen molar-refractivity contribution in [2.24, 2.45) is 0 Å². The van der Waals surface area contributed by atoms with Crippen molar-refractivity contribution < 1.29 is 8.42 Å². The minimum atomic E-state index is -3.26. The highest BCUT2D eigenvalue weighted by molar-refractivity contribution is 7.91. The van der Waals surface area contributed by atoms with Gasteiger partial charge in [-0.3, -0.25) is 0 Å². The Morgan fingerprint density at radius 1 is 1.42 bits per heavy atom. The number of nitrogens with one attached hydrogen (secondary N) is 2. The zero-order valence-corrected chi connectivity index (χ0v) is 12.2. The molecule has 2 aromatic rings. The predicted molar refractivity (Wildman–Crippen MR) is 76.2 cm³/mol. The van der Waals surface area contributed by atoms with E-state index in [4.69, 9.17) is 0 Å². The van der Waals surface area contributed by atoms with Crippen molar-refractivity contribution in [3.63, 3.8) is 0 Å². The summed E-state index contributed by atoms with van der Waals surface area (Å²) in [6.45, 7) is 5.82. The molecule has 1 unspecified atom stereocenters. The molecule has 2 N–H and O–H groups in total. The Hall–Kier alpha value is -1.40. The third kappa shape index (κ3) is 2.96. The Balaban J connectivity index is 2.46. The third-order valence-corrected chi connectivity index (χ3v) is 4.19. The van der Waals surface area contributed by atoms with Gasteiger partial charge in [-0.15, -0.1) is 0 Å². The van der Waals surface area contributed by atoms with Gasteiger partial charge < -0.3 is 10.3 Å². The molecule has 0 fully saturated rings. The minimum absolute atomic E-state index is 0.208. The number of rotatable bonds is 5. The average Bonchev–Trinajstić information content (AvgIpc) is 2.78. The van der Waals surface area contributed by atoms with Gasteiger partial charge in [-0.05, 0) is 18.7 Å². The molecule has 2 rings (SSSR count).